The molecule has 0 bridgehead atoms. The molecule has 7 heteroatoms. The number of rotatable bonds is 4. The van der Waals surface area contributed by atoms with E-state index in [-0.39, 0.29) is 17.9 Å². The normalized spacial score (nSPS) is 25.5. The molecule has 1 aromatic carbocycles. The number of aromatic nitrogens is 2. The molecule has 4 rings (SSSR count). The fourth-order valence-electron chi connectivity index (χ4n) is 4.19. The van der Waals surface area contributed by atoms with E-state index in [2.05, 4.69) is 10.1 Å². The Morgan fingerprint density at radius 3 is 2.59 bits per heavy atom. The molecule has 3 atom stereocenters. The van der Waals surface area contributed by atoms with Crippen LogP contribution in [0.3, 0.4) is 0 Å². The van der Waals surface area contributed by atoms with Crippen molar-refractivity contribution in [1.29, 1.82) is 0 Å². The second-order valence-corrected chi connectivity index (χ2v) is 7.41. The fourth-order valence-corrected chi connectivity index (χ4v) is 4.19. The van der Waals surface area contributed by atoms with Crippen molar-refractivity contribution in [3.63, 3.8) is 0 Å². The Morgan fingerprint density at radius 1 is 1.07 bits per heavy atom. The summed E-state index contributed by atoms with van der Waals surface area (Å²) in [7, 11) is 0. The zero-order valence-corrected chi connectivity index (χ0v) is 15.1. The Hall–Kier alpha value is -2.70. The van der Waals surface area contributed by atoms with E-state index in [1.54, 1.807) is 0 Å². The van der Waals surface area contributed by atoms with Crippen LogP contribution in [0.5, 0.6) is 0 Å². The minimum atomic E-state index is -0.801. The smallest absolute Gasteiger partial charge is 0.306 e. The summed E-state index contributed by atoms with van der Waals surface area (Å²) in [5.41, 5.74) is 0.876. The van der Waals surface area contributed by atoms with Gasteiger partial charge in [0.1, 0.15) is 6.04 Å². The molecule has 0 radical (unpaired) electrons. The van der Waals surface area contributed by atoms with Crippen molar-refractivity contribution in [2.45, 2.75) is 44.6 Å². The molecule has 1 N–H and O–H groups in total. The van der Waals surface area contributed by atoms with E-state index in [0.717, 1.165) is 24.8 Å². The Balaban J connectivity index is 1.52. The number of hydrogen-bond acceptors (Lipinski definition) is 5. The Morgan fingerprint density at radius 2 is 1.85 bits per heavy atom. The number of nitrogens with zero attached hydrogens (tertiary/aromatic N) is 3. The van der Waals surface area contributed by atoms with Crippen molar-refractivity contribution in [2.24, 2.45) is 11.8 Å². The lowest BCUT2D eigenvalue weighted by molar-refractivity contribution is -0.142. The molecular formula is C20H23N3O4. The second-order valence-electron chi connectivity index (χ2n) is 7.41. The van der Waals surface area contributed by atoms with Gasteiger partial charge < -0.3 is 14.5 Å². The maximum Gasteiger partial charge on any atom is 0.306 e. The van der Waals surface area contributed by atoms with Gasteiger partial charge in [-0.05, 0) is 38.5 Å². The summed E-state index contributed by atoms with van der Waals surface area (Å²) >= 11 is 0. The van der Waals surface area contributed by atoms with Crippen molar-refractivity contribution < 1.29 is 19.2 Å². The Kier molecular flexibility index (Phi) is 4.92. The molecule has 1 unspecified atom stereocenters. The zero-order valence-electron chi connectivity index (χ0n) is 15.1. The largest absolute Gasteiger partial charge is 0.481 e. The Labute approximate surface area is 157 Å². The number of carboxylic acid groups (broad SMARTS) is 1. The van der Waals surface area contributed by atoms with Crippen LogP contribution in [0.2, 0.25) is 0 Å². The first-order chi connectivity index (χ1) is 13.1. The van der Waals surface area contributed by atoms with E-state index in [4.69, 9.17) is 4.52 Å². The molecule has 2 heterocycles. The molecule has 1 aliphatic heterocycles. The minimum Gasteiger partial charge on any atom is -0.481 e. The highest BCUT2D eigenvalue weighted by Gasteiger charge is 2.40. The van der Waals surface area contributed by atoms with Crippen molar-refractivity contribution in [3.05, 3.63) is 36.2 Å². The van der Waals surface area contributed by atoms with Gasteiger partial charge in [-0.1, -0.05) is 35.5 Å². The standard InChI is InChI=1S/C20H23N3O4/c24-19(14-9-10-15(12-14)20(25)26)23-11-5-4-8-16(23)18-21-17(22-27-18)13-6-2-1-3-7-13/h1-3,6-7,14-16H,4-5,8-12H2,(H,25,26)/t14-,15+,16?/m0/s1. The summed E-state index contributed by atoms with van der Waals surface area (Å²) in [6, 6.07) is 9.38. The summed E-state index contributed by atoms with van der Waals surface area (Å²) in [6.07, 6.45) is 4.37. The summed E-state index contributed by atoms with van der Waals surface area (Å²) in [5, 5.41) is 13.3. The van der Waals surface area contributed by atoms with Gasteiger partial charge in [-0.15, -0.1) is 0 Å². The average Bonchev–Trinajstić information content (AvgIpc) is 3.38. The molecule has 2 fully saturated rings. The van der Waals surface area contributed by atoms with Crippen molar-refractivity contribution in [2.75, 3.05) is 6.54 Å². The topological polar surface area (TPSA) is 96.5 Å². The molecule has 1 saturated carbocycles. The third kappa shape index (κ3) is 3.59. The monoisotopic (exact) mass is 369 g/mol. The Bertz CT molecular complexity index is 820. The number of benzene rings is 1. The van der Waals surface area contributed by atoms with Crippen molar-refractivity contribution in [3.8, 4) is 11.4 Å². The summed E-state index contributed by atoms with van der Waals surface area (Å²) in [6.45, 7) is 0.654. The van der Waals surface area contributed by atoms with Gasteiger partial charge in [-0.25, -0.2) is 0 Å². The quantitative estimate of drug-likeness (QED) is 0.888. The van der Waals surface area contributed by atoms with Gasteiger partial charge in [-0.2, -0.15) is 4.98 Å². The van der Waals surface area contributed by atoms with Gasteiger partial charge in [0, 0.05) is 18.0 Å². The summed E-state index contributed by atoms with van der Waals surface area (Å²) in [5.74, 6) is -0.406. The molecule has 1 amide bonds. The second kappa shape index (κ2) is 7.50. The minimum absolute atomic E-state index is 0.0305. The van der Waals surface area contributed by atoms with Crippen molar-refractivity contribution in [1.82, 2.24) is 15.0 Å². The number of carbonyl (C=O) groups excluding carboxylic acids is 1. The van der Waals surface area contributed by atoms with E-state index >= 15 is 0 Å². The van der Waals surface area contributed by atoms with E-state index < -0.39 is 11.9 Å². The van der Waals surface area contributed by atoms with Crippen LogP contribution >= 0.6 is 0 Å². The lowest BCUT2D eigenvalue weighted by Gasteiger charge is -2.35. The van der Waals surface area contributed by atoms with E-state index in [0.29, 0.717) is 37.5 Å². The lowest BCUT2D eigenvalue weighted by Crippen LogP contribution is -2.41. The van der Waals surface area contributed by atoms with Crippen LogP contribution in [0.4, 0.5) is 0 Å². The predicted molar refractivity (Wildman–Crippen MR) is 96.5 cm³/mol. The van der Waals surface area contributed by atoms with Crippen LogP contribution in [0.25, 0.3) is 11.4 Å². The maximum absolute atomic E-state index is 13.1. The average molecular weight is 369 g/mol. The molecule has 1 aliphatic carbocycles. The van der Waals surface area contributed by atoms with Gasteiger partial charge >= 0.3 is 5.97 Å². The molecule has 1 aromatic heterocycles. The molecule has 27 heavy (non-hydrogen) atoms. The van der Waals surface area contributed by atoms with Gasteiger partial charge in [0.2, 0.25) is 17.6 Å². The molecular weight excluding hydrogens is 346 g/mol. The van der Waals surface area contributed by atoms with Crippen LogP contribution in [-0.4, -0.2) is 38.6 Å². The molecule has 7 nitrogen and oxygen atoms in total. The van der Waals surface area contributed by atoms with Crippen LogP contribution in [0, 0.1) is 11.8 Å². The molecule has 0 spiro atoms. The van der Waals surface area contributed by atoms with Crippen LogP contribution in [0.15, 0.2) is 34.9 Å². The van der Waals surface area contributed by atoms with Gasteiger partial charge in [0.25, 0.3) is 0 Å². The van der Waals surface area contributed by atoms with Crippen LogP contribution in [0.1, 0.15) is 50.5 Å². The SMILES string of the molecule is O=C(O)[C@@H]1CC[C@H](C(=O)N2CCCCC2c2nc(-c3ccccc3)no2)C1. The summed E-state index contributed by atoms with van der Waals surface area (Å²) in [4.78, 5) is 30.7. The van der Waals surface area contributed by atoms with Gasteiger partial charge in [0.05, 0.1) is 5.92 Å². The number of piperidine rings is 1. The van der Waals surface area contributed by atoms with E-state index in [9.17, 15) is 14.7 Å². The first-order valence-corrected chi connectivity index (χ1v) is 9.56. The predicted octanol–water partition coefficient (Wildman–Crippen LogP) is 3.29. The van der Waals surface area contributed by atoms with Crippen molar-refractivity contribution >= 4 is 11.9 Å². The number of carbonyl (C=O) groups is 2. The van der Waals surface area contributed by atoms with E-state index in [1.807, 2.05) is 35.2 Å². The maximum atomic E-state index is 13.1. The highest BCUT2D eigenvalue weighted by Crippen LogP contribution is 2.37. The van der Waals surface area contributed by atoms with Gasteiger partial charge in [0.15, 0.2) is 0 Å². The molecule has 142 valence electrons. The van der Waals surface area contributed by atoms with Gasteiger partial charge in [-0.3, -0.25) is 9.59 Å². The number of likely N-dealkylation sites (tertiary alicyclic amines) is 1. The number of carboxylic acids is 1. The highest BCUT2D eigenvalue weighted by atomic mass is 16.5. The lowest BCUT2D eigenvalue weighted by atomic mass is 9.97. The van der Waals surface area contributed by atoms with Crippen LogP contribution < -0.4 is 0 Å². The zero-order chi connectivity index (χ0) is 18.8. The first-order valence-electron chi connectivity index (χ1n) is 9.56. The number of amides is 1. The molecule has 2 aromatic rings. The summed E-state index contributed by atoms with van der Waals surface area (Å²) < 4.78 is 5.51. The van der Waals surface area contributed by atoms with E-state index in [1.165, 1.54) is 0 Å². The first kappa shape index (κ1) is 17.7. The van der Waals surface area contributed by atoms with Crippen LogP contribution in [-0.2, 0) is 9.59 Å². The molecule has 1 saturated heterocycles. The highest BCUT2D eigenvalue weighted by molar-refractivity contribution is 5.81. The fraction of sp³-hybridized carbons (Fsp3) is 0.500. The number of aliphatic carboxylic acids is 1. The number of hydrogen-bond donors (Lipinski definition) is 1. The molecule has 2 aliphatic rings. The third-order valence-electron chi connectivity index (χ3n) is 5.68. The third-order valence-corrected chi connectivity index (χ3v) is 5.68.